The molecule has 1 heterocycles. The Morgan fingerprint density at radius 2 is 1.64 bits per heavy atom. The van der Waals surface area contributed by atoms with Crippen molar-refractivity contribution in [2.45, 2.75) is 50.0 Å². The van der Waals surface area contributed by atoms with Gasteiger partial charge in [-0.1, -0.05) is 23.8 Å². The maximum absolute atomic E-state index is 13.5. The molecule has 6 nitrogen and oxygen atoms in total. The van der Waals surface area contributed by atoms with Gasteiger partial charge in [0.2, 0.25) is 0 Å². The van der Waals surface area contributed by atoms with E-state index in [0.717, 1.165) is 5.56 Å². The summed E-state index contributed by atoms with van der Waals surface area (Å²) >= 11 is 0. The Balaban J connectivity index is 1.75. The second-order valence-corrected chi connectivity index (χ2v) is 10.6. The van der Waals surface area contributed by atoms with Gasteiger partial charge < -0.3 is 14.9 Å². The van der Waals surface area contributed by atoms with E-state index in [-0.39, 0.29) is 11.4 Å². The first kappa shape index (κ1) is 23.2. The smallest absolute Gasteiger partial charge is 0.264 e. The number of rotatable bonds is 5. The molecule has 3 aromatic rings. The lowest BCUT2D eigenvalue weighted by molar-refractivity contribution is -0.111. The molecule has 3 aromatic carbocycles. The molecule has 0 saturated heterocycles. The average molecular weight is 472 g/mol. The van der Waals surface area contributed by atoms with Crippen molar-refractivity contribution in [3.63, 3.8) is 0 Å². The highest BCUT2D eigenvalue weighted by Gasteiger charge is 2.42. The predicted molar refractivity (Wildman–Crippen MR) is 123 cm³/mol. The molecule has 0 unspecified atom stereocenters. The van der Waals surface area contributed by atoms with Crippen LogP contribution in [0.3, 0.4) is 0 Å². The standard InChI is InChI=1S/C25H26FNO5S/c1-16-4-11-20(12-5-16)33(30,31)27(19-9-7-18(26)8-10-19)15-17-6-13-22-21(14-17)23(28)24(29)25(2,3)32-22/h4-14,23-24,28-29H,15H2,1-3H3/t23-,24+/m0/s1. The van der Waals surface area contributed by atoms with E-state index in [1.54, 1.807) is 44.2 Å². The summed E-state index contributed by atoms with van der Waals surface area (Å²) in [4.78, 5) is 0.107. The maximum Gasteiger partial charge on any atom is 0.264 e. The second kappa shape index (κ2) is 8.44. The molecule has 1 aliphatic heterocycles. The third-order valence-electron chi connectivity index (χ3n) is 5.83. The Labute approximate surface area is 192 Å². The van der Waals surface area contributed by atoms with Crippen molar-refractivity contribution < 1.29 is 27.8 Å². The summed E-state index contributed by atoms with van der Waals surface area (Å²) < 4.78 is 47.6. The van der Waals surface area contributed by atoms with Gasteiger partial charge in [-0.05, 0) is 74.9 Å². The van der Waals surface area contributed by atoms with Gasteiger partial charge in [0.05, 0.1) is 17.1 Å². The van der Waals surface area contributed by atoms with Crippen molar-refractivity contribution in [3.05, 3.63) is 89.2 Å². The fourth-order valence-electron chi connectivity index (χ4n) is 3.84. The highest BCUT2D eigenvalue weighted by molar-refractivity contribution is 7.92. The molecule has 0 bridgehead atoms. The predicted octanol–water partition coefficient (Wildman–Crippen LogP) is 4.09. The molecule has 2 atom stereocenters. The lowest BCUT2D eigenvalue weighted by Gasteiger charge is -2.40. The summed E-state index contributed by atoms with van der Waals surface area (Å²) in [7, 11) is -3.98. The normalized spacial score (nSPS) is 19.5. The van der Waals surface area contributed by atoms with E-state index in [0.29, 0.717) is 22.6 Å². The van der Waals surface area contributed by atoms with Gasteiger partial charge in [0.1, 0.15) is 29.4 Å². The zero-order valence-electron chi connectivity index (χ0n) is 18.6. The van der Waals surface area contributed by atoms with Crippen molar-refractivity contribution in [2.75, 3.05) is 4.31 Å². The largest absolute Gasteiger partial charge is 0.485 e. The number of fused-ring (bicyclic) bond motifs is 1. The molecule has 1 aliphatic rings. The Hall–Kier alpha value is -2.94. The van der Waals surface area contributed by atoms with E-state index in [1.165, 1.54) is 40.7 Å². The minimum Gasteiger partial charge on any atom is -0.485 e. The fraction of sp³-hybridized carbons (Fsp3) is 0.280. The van der Waals surface area contributed by atoms with E-state index in [9.17, 15) is 23.0 Å². The monoisotopic (exact) mass is 471 g/mol. The Morgan fingerprint density at radius 1 is 1.00 bits per heavy atom. The van der Waals surface area contributed by atoms with Gasteiger partial charge in [0.15, 0.2) is 0 Å². The molecule has 8 heteroatoms. The van der Waals surface area contributed by atoms with Gasteiger partial charge in [-0.15, -0.1) is 0 Å². The molecule has 4 rings (SSSR count). The summed E-state index contributed by atoms with van der Waals surface area (Å²) in [5.41, 5.74) is 1.21. The molecular weight excluding hydrogens is 445 g/mol. The average Bonchev–Trinajstić information content (AvgIpc) is 2.77. The number of aliphatic hydroxyl groups is 2. The summed E-state index contributed by atoms with van der Waals surface area (Å²) in [5, 5.41) is 21.0. The van der Waals surface area contributed by atoms with Gasteiger partial charge in [-0.3, -0.25) is 4.31 Å². The third-order valence-corrected chi connectivity index (χ3v) is 7.62. The van der Waals surface area contributed by atoms with E-state index in [1.807, 2.05) is 6.92 Å². The van der Waals surface area contributed by atoms with Crippen molar-refractivity contribution in [2.24, 2.45) is 0 Å². The highest BCUT2D eigenvalue weighted by atomic mass is 32.2. The van der Waals surface area contributed by atoms with Gasteiger partial charge in [0.25, 0.3) is 10.0 Å². The number of ether oxygens (including phenoxy) is 1. The number of benzene rings is 3. The van der Waals surface area contributed by atoms with Crippen LogP contribution >= 0.6 is 0 Å². The van der Waals surface area contributed by atoms with E-state index in [4.69, 9.17) is 4.74 Å². The van der Waals surface area contributed by atoms with Crippen LogP contribution in [0.25, 0.3) is 0 Å². The second-order valence-electron chi connectivity index (χ2n) is 8.77. The molecule has 174 valence electrons. The number of anilines is 1. The Morgan fingerprint density at radius 3 is 2.27 bits per heavy atom. The first-order valence-corrected chi connectivity index (χ1v) is 12.0. The molecule has 0 saturated carbocycles. The first-order chi connectivity index (χ1) is 15.5. The third kappa shape index (κ3) is 4.46. The van der Waals surface area contributed by atoms with Crippen molar-refractivity contribution in [3.8, 4) is 5.75 Å². The van der Waals surface area contributed by atoms with Crippen LogP contribution in [0, 0.1) is 12.7 Å². The molecule has 0 radical (unpaired) electrons. The van der Waals surface area contributed by atoms with Gasteiger partial charge in [-0.25, -0.2) is 12.8 Å². The van der Waals surface area contributed by atoms with E-state index < -0.39 is 33.6 Å². The lowest BCUT2D eigenvalue weighted by Crippen LogP contribution is -2.48. The number of hydrogen-bond donors (Lipinski definition) is 2. The molecule has 33 heavy (non-hydrogen) atoms. The molecule has 2 N–H and O–H groups in total. The van der Waals surface area contributed by atoms with Gasteiger partial charge >= 0.3 is 0 Å². The zero-order valence-corrected chi connectivity index (χ0v) is 19.4. The molecule has 0 spiro atoms. The summed E-state index contributed by atoms with van der Waals surface area (Å²) in [6, 6.07) is 16.7. The summed E-state index contributed by atoms with van der Waals surface area (Å²) in [6.45, 7) is 5.16. The fourth-order valence-corrected chi connectivity index (χ4v) is 5.29. The summed E-state index contributed by atoms with van der Waals surface area (Å²) in [5.74, 6) is -0.0478. The summed E-state index contributed by atoms with van der Waals surface area (Å²) in [6.07, 6.45) is -2.33. The number of halogens is 1. The number of sulfonamides is 1. The van der Waals surface area contributed by atoms with Crippen LogP contribution in [0.2, 0.25) is 0 Å². The van der Waals surface area contributed by atoms with Crippen LogP contribution in [-0.2, 0) is 16.6 Å². The number of aryl methyl sites for hydroxylation is 1. The van der Waals surface area contributed by atoms with Gasteiger partial charge in [-0.2, -0.15) is 0 Å². The van der Waals surface area contributed by atoms with Crippen molar-refractivity contribution in [1.82, 2.24) is 0 Å². The first-order valence-electron chi connectivity index (χ1n) is 10.5. The van der Waals surface area contributed by atoms with Crippen LogP contribution in [0.15, 0.2) is 71.6 Å². The number of hydrogen-bond acceptors (Lipinski definition) is 5. The Kier molecular flexibility index (Phi) is 5.94. The number of nitrogens with zero attached hydrogens (tertiary/aromatic N) is 1. The van der Waals surface area contributed by atoms with Crippen LogP contribution < -0.4 is 9.04 Å². The van der Waals surface area contributed by atoms with Gasteiger partial charge in [0, 0.05) is 5.56 Å². The molecule has 0 amide bonds. The minimum absolute atomic E-state index is 0.0681. The SMILES string of the molecule is Cc1ccc(S(=O)(=O)N(Cc2ccc3c(c2)[C@H](O)[C@@H](O)C(C)(C)O3)c2ccc(F)cc2)cc1. The van der Waals surface area contributed by atoms with Crippen LogP contribution in [0.4, 0.5) is 10.1 Å². The minimum atomic E-state index is -3.98. The topological polar surface area (TPSA) is 87.1 Å². The van der Waals surface area contributed by atoms with E-state index in [2.05, 4.69) is 0 Å². The van der Waals surface area contributed by atoms with Crippen molar-refractivity contribution in [1.29, 1.82) is 0 Å². The molecule has 0 aliphatic carbocycles. The van der Waals surface area contributed by atoms with Crippen LogP contribution in [0.1, 0.15) is 36.6 Å². The maximum atomic E-state index is 13.5. The molecule has 0 aromatic heterocycles. The Bertz CT molecular complexity index is 1260. The number of aliphatic hydroxyl groups excluding tert-OH is 2. The quantitative estimate of drug-likeness (QED) is 0.585. The van der Waals surface area contributed by atoms with Crippen LogP contribution in [0.5, 0.6) is 5.75 Å². The van der Waals surface area contributed by atoms with E-state index >= 15 is 0 Å². The molecular formula is C25H26FNO5S. The highest BCUT2D eigenvalue weighted by Crippen LogP contribution is 2.40. The van der Waals surface area contributed by atoms with Crippen molar-refractivity contribution >= 4 is 15.7 Å². The molecule has 0 fully saturated rings. The van der Waals surface area contributed by atoms with Crippen LogP contribution in [-0.4, -0.2) is 30.3 Å². The lowest BCUT2D eigenvalue weighted by atomic mass is 9.88. The zero-order chi connectivity index (χ0) is 24.0.